The molecule has 0 N–H and O–H groups in total. The molecule has 0 aliphatic heterocycles. The van der Waals surface area contributed by atoms with Crippen LogP contribution in [0.15, 0.2) is 24.3 Å². The average molecular weight is 407 g/mol. The molecule has 0 amide bonds. The summed E-state index contributed by atoms with van der Waals surface area (Å²) in [6.45, 7) is 11.0. The van der Waals surface area contributed by atoms with Crippen molar-refractivity contribution in [2.75, 3.05) is 0 Å². The highest BCUT2D eigenvalue weighted by Gasteiger charge is 2.30. The van der Waals surface area contributed by atoms with Crippen molar-refractivity contribution >= 4 is 0 Å². The highest BCUT2D eigenvalue weighted by Crippen LogP contribution is 2.44. The van der Waals surface area contributed by atoms with Crippen LogP contribution in [0.5, 0.6) is 0 Å². The van der Waals surface area contributed by atoms with Crippen LogP contribution in [0.25, 0.3) is 11.1 Å². The normalized spacial score (nSPS) is 27.3. The van der Waals surface area contributed by atoms with Gasteiger partial charge in [0.05, 0.1) is 0 Å². The van der Waals surface area contributed by atoms with Gasteiger partial charge in [-0.15, -0.1) is 0 Å². The third kappa shape index (κ3) is 4.23. The zero-order chi connectivity index (χ0) is 21.4. The van der Waals surface area contributed by atoms with E-state index in [0.717, 1.165) is 28.9 Å². The smallest absolute Gasteiger partial charge is 0.131 e. The molecular formula is C29H39F. The summed E-state index contributed by atoms with van der Waals surface area (Å²) < 4.78 is 15.2. The SMILES string of the molecule is Cc1cc(-c2ccc(C3CCC(C4CCC(C)CC4)CC3)cc2F)c(C)c(C)c1C. The van der Waals surface area contributed by atoms with Crippen LogP contribution >= 0.6 is 0 Å². The Bertz CT molecular complexity index is 893. The second kappa shape index (κ2) is 8.85. The maximum atomic E-state index is 15.2. The van der Waals surface area contributed by atoms with E-state index >= 15 is 4.39 Å². The molecule has 2 aliphatic rings. The molecule has 0 atom stereocenters. The van der Waals surface area contributed by atoms with E-state index in [1.165, 1.54) is 79.2 Å². The fourth-order valence-electron chi connectivity index (χ4n) is 6.18. The van der Waals surface area contributed by atoms with Crippen LogP contribution in [0.2, 0.25) is 0 Å². The number of benzene rings is 2. The van der Waals surface area contributed by atoms with Gasteiger partial charge in [-0.3, -0.25) is 0 Å². The van der Waals surface area contributed by atoms with Gasteiger partial charge in [0.1, 0.15) is 5.82 Å². The number of rotatable bonds is 3. The van der Waals surface area contributed by atoms with E-state index in [1.54, 1.807) is 0 Å². The number of hydrogen-bond donors (Lipinski definition) is 0. The Labute approximate surface area is 183 Å². The molecule has 0 aromatic heterocycles. The molecule has 2 fully saturated rings. The van der Waals surface area contributed by atoms with Gasteiger partial charge in [-0.25, -0.2) is 4.39 Å². The molecule has 2 aliphatic carbocycles. The van der Waals surface area contributed by atoms with Crippen LogP contribution in [-0.4, -0.2) is 0 Å². The van der Waals surface area contributed by atoms with Crippen molar-refractivity contribution in [2.45, 2.75) is 91.9 Å². The van der Waals surface area contributed by atoms with Gasteiger partial charge in [0.25, 0.3) is 0 Å². The van der Waals surface area contributed by atoms with Gasteiger partial charge in [0.2, 0.25) is 0 Å². The average Bonchev–Trinajstić information content (AvgIpc) is 2.76. The zero-order valence-corrected chi connectivity index (χ0v) is 19.7. The lowest BCUT2D eigenvalue weighted by Gasteiger charge is -2.37. The van der Waals surface area contributed by atoms with Gasteiger partial charge in [-0.2, -0.15) is 0 Å². The predicted octanol–water partition coefficient (Wildman–Crippen LogP) is 8.83. The van der Waals surface area contributed by atoms with Crippen LogP contribution in [0.3, 0.4) is 0 Å². The minimum atomic E-state index is -0.0540. The molecule has 0 unspecified atom stereocenters. The van der Waals surface area contributed by atoms with Gasteiger partial charge in [-0.1, -0.05) is 38.0 Å². The zero-order valence-electron chi connectivity index (χ0n) is 19.7. The minimum absolute atomic E-state index is 0.0540. The van der Waals surface area contributed by atoms with Crippen molar-refractivity contribution < 1.29 is 4.39 Å². The van der Waals surface area contributed by atoms with Crippen LogP contribution in [0.1, 0.15) is 92.0 Å². The number of aryl methyl sites for hydroxylation is 1. The molecule has 0 nitrogen and oxygen atoms in total. The van der Waals surface area contributed by atoms with E-state index in [1.807, 2.05) is 12.1 Å². The standard InChI is InChI=1S/C29H39F/c1-18-6-8-23(9-7-18)24-10-12-25(13-11-24)26-14-15-27(29(30)17-26)28-16-19(2)20(3)21(4)22(28)5/h14-18,23-25H,6-13H2,1-5H3. The van der Waals surface area contributed by atoms with Crippen molar-refractivity contribution in [3.63, 3.8) is 0 Å². The summed E-state index contributed by atoms with van der Waals surface area (Å²) in [4.78, 5) is 0. The third-order valence-electron chi connectivity index (χ3n) is 8.74. The van der Waals surface area contributed by atoms with Crippen LogP contribution in [0, 0.1) is 51.3 Å². The van der Waals surface area contributed by atoms with Gasteiger partial charge in [-0.05, 0) is 129 Å². The highest BCUT2D eigenvalue weighted by atomic mass is 19.1. The van der Waals surface area contributed by atoms with Crippen molar-refractivity contribution in [1.82, 2.24) is 0 Å². The molecule has 2 saturated carbocycles. The number of hydrogen-bond acceptors (Lipinski definition) is 0. The molecule has 1 heteroatoms. The first-order valence-corrected chi connectivity index (χ1v) is 12.2. The van der Waals surface area contributed by atoms with Gasteiger partial charge in [0.15, 0.2) is 0 Å². The maximum absolute atomic E-state index is 15.2. The quantitative estimate of drug-likeness (QED) is 0.477. The summed E-state index contributed by atoms with van der Waals surface area (Å²) in [5.41, 5.74) is 8.06. The summed E-state index contributed by atoms with van der Waals surface area (Å²) in [5, 5.41) is 0. The van der Waals surface area contributed by atoms with Crippen molar-refractivity contribution in [3.8, 4) is 11.1 Å². The van der Waals surface area contributed by atoms with E-state index in [4.69, 9.17) is 0 Å². The van der Waals surface area contributed by atoms with Gasteiger partial charge in [0, 0.05) is 5.56 Å². The second-order valence-electron chi connectivity index (χ2n) is 10.5. The maximum Gasteiger partial charge on any atom is 0.131 e. The largest absolute Gasteiger partial charge is 0.206 e. The molecule has 0 spiro atoms. The fourth-order valence-corrected chi connectivity index (χ4v) is 6.18. The summed E-state index contributed by atoms with van der Waals surface area (Å²) in [6.07, 6.45) is 10.9. The van der Waals surface area contributed by atoms with Gasteiger partial charge < -0.3 is 0 Å². The highest BCUT2D eigenvalue weighted by molar-refractivity contribution is 5.71. The van der Waals surface area contributed by atoms with E-state index in [0.29, 0.717) is 5.92 Å². The summed E-state index contributed by atoms with van der Waals surface area (Å²) in [6, 6.07) is 8.24. The molecule has 2 aromatic rings. The predicted molar refractivity (Wildman–Crippen MR) is 127 cm³/mol. The molecule has 30 heavy (non-hydrogen) atoms. The first kappa shape index (κ1) is 21.6. The fraction of sp³-hybridized carbons (Fsp3) is 0.586. The van der Waals surface area contributed by atoms with Crippen LogP contribution in [-0.2, 0) is 0 Å². The Morgan fingerprint density at radius 3 is 1.87 bits per heavy atom. The van der Waals surface area contributed by atoms with Crippen LogP contribution < -0.4 is 0 Å². The molecule has 2 aromatic carbocycles. The molecule has 4 rings (SSSR count). The Morgan fingerprint density at radius 2 is 1.27 bits per heavy atom. The summed E-state index contributed by atoms with van der Waals surface area (Å²) in [5.74, 6) is 3.29. The summed E-state index contributed by atoms with van der Waals surface area (Å²) in [7, 11) is 0. The monoisotopic (exact) mass is 406 g/mol. The van der Waals surface area contributed by atoms with E-state index in [2.05, 4.69) is 46.8 Å². The lowest BCUT2D eigenvalue weighted by molar-refractivity contribution is 0.165. The second-order valence-corrected chi connectivity index (χ2v) is 10.5. The number of halogens is 1. The molecule has 0 bridgehead atoms. The van der Waals surface area contributed by atoms with Crippen molar-refractivity contribution in [2.24, 2.45) is 17.8 Å². The molecule has 0 radical (unpaired) electrons. The first-order chi connectivity index (χ1) is 14.3. The van der Waals surface area contributed by atoms with E-state index < -0.39 is 0 Å². The Kier molecular flexibility index (Phi) is 6.37. The summed E-state index contributed by atoms with van der Waals surface area (Å²) >= 11 is 0. The molecule has 0 heterocycles. The Morgan fingerprint density at radius 1 is 0.667 bits per heavy atom. The first-order valence-electron chi connectivity index (χ1n) is 12.2. The van der Waals surface area contributed by atoms with Crippen molar-refractivity contribution in [1.29, 1.82) is 0 Å². The lowest BCUT2D eigenvalue weighted by Crippen LogP contribution is -2.24. The lowest BCUT2D eigenvalue weighted by atomic mass is 9.68. The van der Waals surface area contributed by atoms with Gasteiger partial charge >= 0.3 is 0 Å². The van der Waals surface area contributed by atoms with Crippen molar-refractivity contribution in [3.05, 3.63) is 57.9 Å². The molecular weight excluding hydrogens is 367 g/mol. The Hall–Kier alpha value is -1.63. The van der Waals surface area contributed by atoms with E-state index in [-0.39, 0.29) is 5.82 Å². The molecule has 162 valence electrons. The minimum Gasteiger partial charge on any atom is -0.206 e. The Balaban J connectivity index is 1.47. The molecule has 0 saturated heterocycles. The van der Waals surface area contributed by atoms with E-state index in [9.17, 15) is 0 Å². The third-order valence-corrected chi connectivity index (χ3v) is 8.74. The topological polar surface area (TPSA) is 0 Å². The van der Waals surface area contributed by atoms with Crippen LogP contribution in [0.4, 0.5) is 4.39 Å².